The van der Waals surface area contributed by atoms with Crippen LogP contribution in [-0.4, -0.2) is 95.9 Å². The second-order valence-corrected chi connectivity index (χ2v) is 17.9. The van der Waals surface area contributed by atoms with E-state index in [0.29, 0.717) is 45.8 Å². The molecule has 2 aliphatic carbocycles. The van der Waals surface area contributed by atoms with Crippen LogP contribution in [0.15, 0.2) is 48.5 Å². The van der Waals surface area contributed by atoms with Crippen molar-refractivity contribution in [1.29, 1.82) is 0 Å². The average molecular weight is 764 g/mol. The number of nitrogens with zero attached hydrogens (tertiary/aromatic N) is 4. The maximum absolute atomic E-state index is 13.6. The summed E-state index contributed by atoms with van der Waals surface area (Å²) < 4.78 is 0. The minimum absolute atomic E-state index is 0.0659. The minimum atomic E-state index is -0.0659. The zero-order chi connectivity index (χ0) is 36.6. The molecule has 2 atom stereocenters. The van der Waals surface area contributed by atoms with Gasteiger partial charge in [0.2, 0.25) is 11.8 Å². The number of carbonyl (C=O) groups is 2. The molecule has 0 radical (unpaired) electrons. The van der Waals surface area contributed by atoms with Gasteiger partial charge in [-0.15, -0.1) is 0 Å². The quantitative estimate of drug-likeness (QED) is 0.269. The Balaban J connectivity index is 0.000000165. The topological polar surface area (TPSA) is 47.1 Å². The van der Waals surface area contributed by atoms with E-state index >= 15 is 0 Å². The molecule has 0 bridgehead atoms. The monoisotopic (exact) mass is 762 g/mol. The molecular formula is C45H64Cl2N4O2. The van der Waals surface area contributed by atoms with Crippen LogP contribution in [0.5, 0.6) is 0 Å². The number of hydrogen-bond acceptors (Lipinski definition) is 4. The fourth-order valence-corrected chi connectivity index (χ4v) is 11.2. The van der Waals surface area contributed by atoms with Crippen molar-refractivity contribution in [1.82, 2.24) is 19.6 Å². The molecule has 2 amide bonds. The molecule has 2 aromatic carbocycles. The lowest BCUT2D eigenvalue weighted by Crippen LogP contribution is -2.49. The number of rotatable bonds is 8. The summed E-state index contributed by atoms with van der Waals surface area (Å²) >= 11 is 12.4. The van der Waals surface area contributed by atoms with Gasteiger partial charge in [0.05, 0.1) is 21.9 Å². The predicted octanol–water partition coefficient (Wildman–Crippen LogP) is 9.79. The average Bonchev–Trinajstić information content (AvgIpc) is 4.04. The predicted molar refractivity (Wildman–Crippen MR) is 218 cm³/mol. The van der Waals surface area contributed by atoms with Crippen LogP contribution in [0.2, 0.25) is 10.0 Å². The van der Waals surface area contributed by atoms with Gasteiger partial charge in [0, 0.05) is 38.3 Å². The summed E-state index contributed by atoms with van der Waals surface area (Å²) in [5.74, 6) is 1.71. The molecule has 2 saturated carbocycles. The molecule has 4 saturated heterocycles. The first-order chi connectivity index (χ1) is 26.0. The van der Waals surface area contributed by atoms with Crippen molar-refractivity contribution in [2.24, 2.45) is 11.8 Å². The Kier molecular flexibility index (Phi) is 14.1. The number of piperidine rings is 3. The summed E-state index contributed by atoms with van der Waals surface area (Å²) in [7, 11) is 0. The molecule has 2 unspecified atom stereocenters. The number of benzene rings is 2. The lowest BCUT2D eigenvalue weighted by atomic mass is 9.83. The normalized spacial score (nSPS) is 24.3. The summed E-state index contributed by atoms with van der Waals surface area (Å²) in [6.07, 6.45) is 21.1. The maximum atomic E-state index is 13.6. The second kappa shape index (κ2) is 19.2. The fraction of sp³-hybridized carbons (Fsp3) is 0.689. The summed E-state index contributed by atoms with van der Waals surface area (Å²) in [4.78, 5) is 36.7. The highest BCUT2D eigenvalue weighted by molar-refractivity contribution is 6.42. The highest BCUT2D eigenvalue weighted by atomic mass is 35.5. The van der Waals surface area contributed by atoms with Crippen LogP contribution in [0.25, 0.3) is 0 Å². The Bertz CT molecular complexity index is 1450. The number of carbonyl (C=O) groups excluding carboxylic acids is 2. The molecule has 4 aliphatic heterocycles. The van der Waals surface area contributed by atoms with E-state index in [4.69, 9.17) is 23.2 Å². The van der Waals surface area contributed by atoms with Gasteiger partial charge in [-0.3, -0.25) is 9.59 Å². The smallest absolute Gasteiger partial charge is 0.230 e. The van der Waals surface area contributed by atoms with Gasteiger partial charge in [0.1, 0.15) is 0 Å². The van der Waals surface area contributed by atoms with Crippen LogP contribution in [0, 0.1) is 11.8 Å². The van der Waals surface area contributed by atoms with E-state index in [1.54, 1.807) is 0 Å². The number of amides is 2. The van der Waals surface area contributed by atoms with Gasteiger partial charge < -0.3 is 19.6 Å². The van der Waals surface area contributed by atoms with Gasteiger partial charge in [-0.1, -0.05) is 91.7 Å². The Morgan fingerprint density at radius 1 is 0.472 bits per heavy atom. The molecule has 6 fully saturated rings. The highest BCUT2D eigenvalue weighted by Crippen LogP contribution is 2.41. The SMILES string of the molecule is O=C(C(c1ccc(Cl)c(Cl)c1)C1CCCC1)N1CCC(N2CCCCC2)CC1.O=C(C(c1ccccc1)C1CCCC1)N1CCC(N2CCCC2)CC1. The van der Waals surface area contributed by atoms with Gasteiger partial charge in [-0.2, -0.15) is 0 Å². The molecule has 6 nitrogen and oxygen atoms in total. The number of hydrogen-bond donors (Lipinski definition) is 0. The maximum Gasteiger partial charge on any atom is 0.230 e. The van der Waals surface area contributed by atoms with Crippen LogP contribution in [0.4, 0.5) is 0 Å². The molecule has 53 heavy (non-hydrogen) atoms. The second-order valence-electron chi connectivity index (χ2n) is 17.1. The molecule has 0 aromatic heterocycles. The summed E-state index contributed by atoms with van der Waals surface area (Å²) in [5.41, 5.74) is 2.28. The zero-order valence-corrected chi connectivity index (χ0v) is 33.6. The van der Waals surface area contributed by atoms with Crippen molar-refractivity contribution in [3.8, 4) is 0 Å². The van der Waals surface area contributed by atoms with Crippen molar-refractivity contribution >= 4 is 35.0 Å². The van der Waals surface area contributed by atoms with Gasteiger partial charge in [-0.25, -0.2) is 0 Å². The summed E-state index contributed by atoms with van der Waals surface area (Å²) in [6, 6.07) is 17.7. The molecule has 4 heterocycles. The Hall–Kier alpha value is -2.12. The van der Waals surface area contributed by atoms with Crippen molar-refractivity contribution in [3.63, 3.8) is 0 Å². The Morgan fingerprint density at radius 3 is 1.36 bits per heavy atom. The lowest BCUT2D eigenvalue weighted by molar-refractivity contribution is -0.136. The van der Waals surface area contributed by atoms with E-state index in [1.165, 1.54) is 102 Å². The Labute approximate surface area is 329 Å². The molecule has 290 valence electrons. The molecule has 8 heteroatoms. The molecular weight excluding hydrogens is 699 g/mol. The van der Waals surface area contributed by atoms with Crippen molar-refractivity contribution in [2.75, 3.05) is 52.4 Å². The third-order valence-electron chi connectivity index (χ3n) is 13.9. The Morgan fingerprint density at radius 2 is 0.906 bits per heavy atom. The van der Waals surface area contributed by atoms with Crippen molar-refractivity contribution in [3.05, 3.63) is 69.7 Å². The lowest BCUT2D eigenvalue weighted by Gasteiger charge is -2.41. The summed E-state index contributed by atoms with van der Waals surface area (Å²) in [6.45, 7) is 8.72. The highest BCUT2D eigenvalue weighted by Gasteiger charge is 2.38. The van der Waals surface area contributed by atoms with Crippen LogP contribution in [-0.2, 0) is 9.59 Å². The van der Waals surface area contributed by atoms with Crippen LogP contribution in [0.1, 0.15) is 132 Å². The molecule has 6 aliphatic rings. The molecule has 2 aromatic rings. The zero-order valence-electron chi connectivity index (χ0n) is 32.1. The van der Waals surface area contributed by atoms with E-state index < -0.39 is 0 Å². The van der Waals surface area contributed by atoms with Crippen molar-refractivity contribution in [2.45, 2.75) is 133 Å². The minimum Gasteiger partial charge on any atom is -0.342 e. The van der Waals surface area contributed by atoms with Crippen molar-refractivity contribution < 1.29 is 9.59 Å². The summed E-state index contributed by atoms with van der Waals surface area (Å²) in [5, 5.41) is 1.11. The third kappa shape index (κ3) is 9.83. The first-order valence-electron chi connectivity index (χ1n) is 21.5. The van der Waals surface area contributed by atoms with E-state index in [9.17, 15) is 9.59 Å². The number of halogens is 2. The molecule has 8 rings (SSSR count). The standard InChI is InChI=1S/C23H32Cl2N2O.C22H32N2O/c24-20-9-8-18(16-21(20)25)22(17-6-2-3-7-17)23(28)27-14-10-19(11-15-27)26-12-4-1-5-13-26;25-22(24-16-12-20(13-17-24)23-14-6-7-15-23)21(19-10-4-5-11-19)18-8-2-1-3-9-18/h8-9,16-17,19,22H,1-7,10-15H2;1-3,8-9,19-21H,4-7,10-17H2. The van der Waals surface area contributed by atoms with E-state index in [1.807, 2.05) is 18.2 Å². The van der Waals surface area contributed by atoms with Gasteiger partial charge >= 0.3 is 0 Å². The first kappa shape index (κ1) is 39.1. The van der Waals surface area contributed by atoms with Gasteiger partial charge in [0.25, 0.3) is 0 Å². The van der Waals surface area contributed by atoms with Crippen LogP contribution >= 0.6 is 23.2 Å². The van der Waals surface area contributed by atoms with Gasteiger partial charge in [-0.05, 0) is 138 Å². The van der Waals surface area contributed by atoms with E-state index in [-0.39, 0.29) is 11.8 Å². The van der Waals surface area contributed by atoms with Crippen LogP contribution < -0.4 is 0 Å². The fourth-order valence-electron chi connectivity index (χ4n) is 10.9. The van der Waals surface area contributed by atoms with Crippen LogP contribution in [0.3, 0.4) is 0 Å². The van der Waals surface area contributed by atoms with Gasteiger partial charge in [0.15, 0.2) is 0 Å². The van der Waals surface area contributed by atoms with E-state index in [2.05, 4.69) is 49.9 Å². The van der Waals surface area contributed by atoms with E-state index in [0.717, 1.165) is 70.3 Å². The largest absolute Gasteiger partial charge is 0.342 e. The molecule has 0 spiro atoms. The molecule has 0 N–H and O–H groups in total. The third-order valence-corrected chi connectivity index (χ3v) is 14.6. The number of likely N-dealkylation sites (tertiary alicyclic amines) is 4. The first-order valence-corrected chi connectivity index (χ1v) is 22.3.